The Bertz CT molecular complexity index is 269. The largest absolute Gasteiger partial charge is 0.466 e. The fourth-order valence-electron chi connectivity index (χ4n) is 2.43. The molecule has 1 heterocycles. The topological polar surface area (TPSA) is 33.4 Å². The van der Waals surface area contributed by atoms with Crippen LogP contribution in [0.3, 0.4) is 0 Å². The van der Waals surface area contributed by atoms with Gasteiger partial charge in [-0.2, -0.15) is 0 Å². The summed E-state index contributed by atoms with van der Waals surface area (Å²) in [7, 11) is 0. The van der Waals surface area contributed by atoms with E-state index in [1.165, 1.54) is 19.3 Å². The van der Waals surface area contributed by atoms with E-state index < -0.39 is 5.60 Å². The minimum absolute atomic E-state index is 0.363. The molecule has 1 fully saturated rings. The van der Waals surface area contributed by atoms with Gasteiger partial charge in [0.05, 0.1) is 6.26 Å². The average molecular weight is 194 g/mol. The molecular weight excluding hydrogens is 176 g/mol. The molecule has 1 N–H and O–H groups in total. The van der Waals surface area contributed by atoms with Gasteiger partial charge < -0.3 is 9.52 Å². The van der Waals surface area contributed by atoms with Gasteiger partial charge in [-0.15, -0.1) is 0 Å². The van der Waals surface area contributed by atoms with Gasteiger partial charge in [-0.25, -0.2) is 0 Å². The van der Waals surface area contributed by atoms with Gasteiger partial charge in [0.15, 0.2) is 0 Å². The second kappa shape index (κ2) is 3.77. The summed E-state index contributed by atoms with van der Waals surface area (Å²) in [4.78, 5) is 0. The zero-order chi connectivity index (χ0) is 10.0. The Hall–Kier alpha value is -0.760. The van der Waals surface area contributed by atoms with Gasteiger partial charge in [0.2, 0.25) is 0 Å². The summed E-state index contributed by atoms with van der Waals surface area (Å²) in [6.45, 7) is 1.88. The van der Waals surface area contributed by atoms with Crippen molar-refractivity contribution in [1.82, 2.24) is 0 Å². The van der Waals surface area contributed by atoms with Crippen molar-refractivity contribution in [2.24, 2.45) is 5.92 Å². The van der Waals surface area contributed by atoms with Gasteiger partial charge >= 0.3 is 0 Å². The molecule has 1 aliphatic carbocycles. The molecular formula is C12H18O2. The van der Waals surface area contributed by atoms with Crippen LogP contribution in [-0.2, 0) is 5.60 Å². The first-order valence-electron chi connectivity index (χ1n) is 5.47. The van der Waals surface area contributed by atoms with Crippen molar-refractivity contribution < 1.29 is 9.52 Å². The maximum atomic E-state index is 10.4. The third kappa shape index (κ3) is 1.71. The summed E-state index contributed by atoms with van der Waals surface area (Å²) in [6.07, 6.45) is 7.65. The van der Waals surface area contributed by atoms with Crippen molar-refractivity contribution in [3.05, 3.63) is 24.2 Å². The van der Waals surface area contributed by atoms with Crippen molar-refractivity contribution >= 4 is 0 Å². The predicted octanol–water partition coefficient (Wildman–Crippen LogP) is 3.07. The quantitative estimate of drug-likeness (QED) is 0.785. The standard InChI is InChI=1S/C12H18O2/c1-12(13,11-8-5-9-14-11)10-6-3-2-4-7-10/h5,8-10,13H,2-4,6-7H2,1H3. The lowest BCUT2D eigenvalue weighted by atomic mass is 9.77. The van der Waals surface area contributed by atoms with E-state index >= 15 is 0 Å². The monoisotopic (exact) mass is 194 g/mol. The molecule has 0 spiro atoms. The molecule has 0 radical (unpaired) electrons. The van der Waals surface area contributed by atoms with Crippen LogP contribution in [0.5, 0.6) is 0 Å². The minimum atomic E-state index is -0.774. The first-order chi connectivity index (χ1) is 6.71. The Kier molecular flexibility index (Phi) is 2.64. The highest BCUT2D eigenvalue weighted by atomic mass is 16.4. The Balaban J connectivity index is 2.14. The van der Waals surface area contributed by atoms with Crippen LogP contribution in [-0.4, -0.2) is 5.11 Å². The molecule has 78 valence electrons. The van der Waals surface area contributed by atoms with E-state index in [1.54, 1.807) is 6.26 Å². The van der Waals surface area contributed by atoms with Crippen molar-refractivity contribution in [3.63, 3.8) is 0 Å². The first kappa shape index (κ1) is 9.78. The summed E-state index contributed by atoms with van der Waals surface area (Å²) < 4.78 is 5.30. The van der Waals surface area contributed by atoms with Crippen molar-refractivity contribution in [2.75, 3.05) is 0 Å². The summed E-state index contributed by atoms with van der Waals surface area (Å²) >= 11 is 0. The third-order valence-corrected chi connectivity index (χ3v) is 3.42. The Morgan fingerprint density at radius 3 is 2.64 bits per heavy atom. The van der Waals surface area contributed by atoms with Gasteiger partial charge in [-0.3, -0.25) is 0 Å². The normalized spacial score (nSPS) is 23.3. The number of furan rings is 1. The second-order valence-corrected chi connectivity index (χ2v) is 4.46. The highest BCUT2D eigenvalue weighted by molar-refractivity contribution is 5.09. The van der Waals surface area contributed by atoms with Crippen LogP contribution >= 0.6 is 0 Å². The minimum Gasteiger partial charge on any atom is -0.466 e. The van der Waals surface area contributed by atoms with Crippen molar-refractivity contribution in [2.45, 2.75) is 44.6 Å². The zero-order valence-electron chi connectivity index (χ0n) is 8.70. The van der Waals surface area contributed by atoms with Gasteiger partial charge in [0.25, 0.3) is 0 Å². The van der Waals surface area contributed by atoms with Gasteiger partial charge in [0, 0.05) is 0 Å². The molecule has 14 heavy (non-hydrogen) atoms. The van der Waals surface area contributed by atoms with E-state index in [1.807, 2.05) is 19.1 Å². The molecule has 2 nitrogen and oxygen atoms in total. The molecule has 0 amide bonds. The molecule has 0 saturated heterocycles. The van der Waals surface area contributed by atoms with Gasteiger partial charge in [0.1, 0.15) is 11.4 Å². The highest BCUT2D eigenvalue weighted by Crippen LogP contribution is 2.38. The molecule has 1 unspecified atom stereocenters. The fourth-order valence-corrected chi connectivity index (χ4v) is 2.43. The van der Waals surface area contributed by atoms with Crippen LogP contribution in [0.15, 0.2) is 22.8 Å². The first-order valence-corrected chi connectivity index (χ1v) is 5.47. The fraction of sp³-hybridized carbons (Fsp3) is 0.667. The molecule has 2 rings (SSSR count). The number of aliphatic hydroxyl groups is 1. The zero-order valence-corrected chi connectivity index (χ0v) is 8.70. The van der Waals surface area contributed by atoms with Gasteiger partial charge in [-0.1, -0.05) is 19.3 Å². The summed E-state index contributed by atoms with van der Waals surface area (Å²) in [5, 5.41) is 10.4. The van der Waals surface area contributed by atoms with E-state index in [-0.39, 0.29) is 0 Å². The van der Waals surface area contributed by atoms with E-state index in [2.05, 4.69) is 0 Å². The number of hydrogen-bond donors (Lipinski definition) is 1. The molecule has 0 aromatic carbocycles. The number of rotatable bonds is 2. The van der Waals surface area contributed by atoms with Gasteiger partial charge in [-0.05, 0) is 37.8 Å². The maximum absolute atomic E-state index is 10.4. The van der Waals surface area contributed by atoms with E-state index in [4.69, 9.17) is 4.42 Å². The lowest BCUT2D eigenvalue weighted by Crippen LogP contribution is -2.32. The average Bonchev–Trinajstić information content (AvgIpc) is 2.72. The van der Waals surface area contributed by atoms with Crippen LogP contribution in [0, 0.1) is 5.92 Å². The van der Waals surface area contributed by atoms with E-state index in [0.717, 1.165) is 12.8 Å². The molecule has 1 atom stereocenters. The van der Waals surface area contributed by atoms with Crippen LogP contribution < -0.4 is 0 Å². The summed E-state index contributed by atoms with van der Waals surface area (Å²) in [6, 6.07) is 3.71. The molecule has 2 heteroatoms. The van der Waals surface area contributed by atoms with Crippen molar-refractivity contribution in [3.8, 4) is 0 Å². The number of hydrogen-bond acceptors (Lipinski definition) is 2. The Labute approximate surface area is 84.9 Å². The SMILES string of the molecule is CC(O)(c1ccco1)C1CCCCC1. The summed E-state index contributed by atoms with van der Waals surface area (Å²) in [5.74, 6) is 1.08. The third-order valence-electron chi connectivity index (χ3n) is 3.42. The molecule has 0 bridgehead atoms. The van der Waals surface area contributed by atoms with E-state index in [9.17, 15) is 5.11 Å². The smallest absolute Gasteiger partial charge is 0.135 e. The second-order valence-electron chi connectivity index (χ2n) is 4.46. The van der Waals surface area contributed by atoms with E-state index in [0.29, 0.717) is 11.7 Å². The molecule has 1 aromatic heterocycles. The molecule has 1 aliphatic rings. The Morgan fingerprint density at radius 1 is 1.36 bits per heavy atom. The molecule has 1 aromatic rings. The predicted molar refractivity (Wildman–Crippen MR) is 54.9 cm³/mol. The lowest BCUT2D eigenvalue weighted by molar-refractivity contribution is -0.0389. The highest BCUT2D eigenvalue weighted by Gasteiger charge is 2.36. The maximum Gasteiger partial charge on any atom is 0.135 e. The van der Waals surface area contributed by atoms with Crippen LogP contribution in [0.1, 0.15) is 44.8 Å². The van der Waals surface area contributed by atoms with Crippen LogP contribution in [0.25, 0.3) is 0 Å². The van der Waals surface area contributed by atoms with Crippen LogP contribution in [0.2, 0.25) is 0 Å². The Morgan fingerprint density at radius 2 is 2.07 bits per heavy atom. The van der Waals surface area contributed by atoms with Crippen LogP contribution in [0.4, 0.5) is 0 Å². The molecule has 1 saturated carbocycles. The summed E-state index contributed by atoms with van der Waals surface area (Å²) in [5.41, 5.74) is -0.774. The lowest BCUT2D eigenvalue weighted by Gasteiger charge is -2.33. The molecule has 0 aliphatic heterocycles. The van der Waals surface area contributed by atoms with Crippen molar-refractivity contribution in [1.29, 1.82) is 0 Å².